The van der Waals surface area contributed by atoms with Gasteiger partial charge < -0.3 is 9.84 Å². The van der Waals surface area contributed by atoms with Crippen molar-refractivity contribution in [3.8, 4) is 11.4 Å². The molecule has 0 amide bonds. The van der Waals surface area contributed by atoms with Gasteiger partial charge in [-0.1, -0.05) is 0 Å². The summed E-state index contributed by atoms with van der Waals surface area (Å²) in [5.74, 6) is -0.494. The third-order valence-corrected chi connectivity index (χ3v) is 3.55. The van der Waals surface area contributed by atoms with E-state index in [9.17, 15) is 31.4 Å². The Morgan fingerprint density at radius 2 is 1.62 bits per heavy atom. The van der Waals surface area contributed by atoms with E-state index < -0.39 is 30.5 Å². The standard InChI is InChI=1S/C16H10F6N2O2/c17-15(18,19)9-1-3-10(4-2-9)24-14-6-5-11(26-16(20,21)22)7-12(14)13(8-25)23-24/h1-7,25H,8H2. The second kappa shape index (κ2) is 6.20. The quantitative estimate of drug-likeness (QED) is 0.688. The second-order valence-corrected chi connectivity index (χ2v) is 5.29. The first-order valence-corrected chi connectivity index (χ1v) is 7.14. The molecule has 0 spiro atoms. The molecule has 1 heterocycles. The summed E-state index contributed by atoms with van der Waals surface area (Å²) >= 11 is 0. The van der Waals surface area contributed by atoms with Gasteiger partial charge in [-0.05, 0) is 42.5 Å². The summed E-state index contributed by atoms with van der Waals surface area (Å²) in [4.78, 5) is 0. The first-order chi connectivity index (χ1) is 12.1. The van der Waals surface area contributed by atoms with Gasteiger partial charge in [-0.2, -0.15) is 18.3 Å². The first kappa shape index (κ1) is 18.1. The molecule has 0 saturated carbocycles. The number of fused-ring (bicyclic) bond motifs is 1. The van der Waals surface area contributed by atoms with Gasteiger partial charge >= 0.3 is 12.5 Å². The zero-order valence-electron chi connectivity index (χ0n) is 12.8. The number of aliphatic hydroxyl groups excluding tert-OH is 1. The molecule has 10 heteroatoms. The van der Waals surface area contributed by atoms with Crippen LogP contribution in [0.3, 0.4) is 0 Å². The van der Waals surface area contributed by atoms with Crippen LogP contribution in [0.15, 0.2) is 42.5 Å². The number of benzene rings is 2. The number of halogens is 6. The molecule has 0 fully saturated rings. The number of ether oxygens (including phenoxy) is 1. The Balaban J connectivity index is 2.07. The molecule has 1 N–H and O–H groups in total. The monoisotopic (exact) mass is 376 g/mol. The number of rotatable bonds is 3. The lowest BCUT2D eigenvalue weighted by molar-refractivity contribution is -0.274. The van der Waals surface area contributed by atoms with Gasteiger partial charge in [0.25, 0.3) is 0 Å². The molecular formula is C16H10F6N2O2. The predicted octanol–water partition coefficient (Wildman–Crippen LogP) is 4.44. The van der Waals surface area contributed by atoms with Crippen LogP contribution in [0, 0.1) is 0 Å². The van der Waals surface area contributed by atoms with Crippen LogP contribution in [-0.4, -0.2) is 21.2 Å². The summed E-state index contributed by atoms with van der Waals surface area (Å²) in [6.07, 6.45) is -9.37. The molecule has 3 rings (SSSR count). The van der Waals surface area contributed by atoms with E-state index in [0.29, 0.717) is 5.52 Å². The Labute approximate surface area is 142 Å². The highest BCUT2D eigenvalue weighted by Crippen LogP contribution is 2.32. The molecule has 0 aliphatic heterocycles. The molecule has 0 aliphatic rings. The Hall–Kier alpha value is -2.75. The molecule has 3 aromatic rings. The molecule has 138 valence electrons. The van der Waals surface area contributed by atoms with Crippen molar-refractivity contribution >= 4 is 10.9 Å². The topological polar surface area (TPSA) is 47.3 Å². The summed E-state index contributed by atoms with van der Waals surface area (Å²) in [6, 6.07) is 7.47. The third kappa shape index (κ3) is 3.59. The van der Waals surface area contributed by atoms with Crippen molar-refractivity contribution in [3.05, 3.63) is 53.7 Å². The van der Waals surface area contributed by atoms with Gasteiger partial charge in [-0.25, -0.2) is 4.68 Å². The maximum absolute atomic E-state index is 12.7. The lowest BCUT2D eigenvalue weighted by atomic mass is 10.2. The minimum atomic E-state index is -4.88. The fourth-order valence-corrected chi connectivity index (χ4v) is 2.46. The van der Waals surface area contributed by atoms with Gasteiger partial charge in [0.05, 0.1) is 29.1 Å². The van der Waals surface area contributed by atoms with Crippen molar-refractivity contribution in [2.75, 3.05) is 0 Å². The van der Waals surface area contributed by atoms with E-state index in [1.807, 2.05) is 0 Å². The van der Waals surface area contributed by atoms with Gasteiger partial charge in [0, 0.05) is 5.39 Å². The molecule has 2 aromatic carbocycles. The van der Waals surface area contributed by atoms with Crippen LogP contribution in [0.4, 0.5) is 26.3 Å². The van der Waals surface area contributed by atoms with Crippen LogP contribution in [-0.2, 0) is 12.8 Å². The normalized spacial score (nSPS) is 12.6. The zero-order chi connectivity index (χ0) is 19.1. The Morgan fingerprint density at radius 1 is 0.962 bits per heavy atom. The fourth-order valence-electron chi connectivity index (χ4n) is 2.46. The van der Waals surface area contributed by atoms with Crippen LogP contribution in [0.5, 0.6) is 5.75 Å². The molecule has 0 aliphatic carbocycles. The number of nitrogens with zero attached hydrogens (tertiary/aromatic N) is 2. The van der Waals surface area contributed by atoms with Crippen LogP contribution in [0.25, 0.3) is 16.6 Å². The molecule has 0 bridgehead atoms. The van der Waals surface area contributed by atoms with E-state index in [1.54, 1.807) is 0 Å². The molecule has 0 radical (unpaired) electrons. The largest absolute Gasteiger partial charge is 0.573 e. The van der Waals surface area contributed by atoms with E-state index in [0.717, 1.165) is 24.3 Å². The van der Waals surface area contributed by atoms with Crippen molar-refractivity contribution in [1.29, 1.82) is 0 Å². The molecule has 1 aromatic heterocycles. The highest BCUT2D eigenvalue weighted by molar-refractivity contribution is 5.85. The summed E-state index contributed by atoms with van der Waals surface area (Å²) < 4.78 is 80.1. The minimum absolute atomic E-state index is 0.0625. The zero-order valence-corrected chi connectivity index (χ0v) is 12.8. The number of aliphatic hydroxyl groups is 1. The van der Waals surface area contributed by atoms with Crippen LogP contribution < -0.4 is 4.74 Å². The number of hydrogen-bond donors (Lipinski definition) is 1. The Morgan fingerprint density at radius 3 is 2.15 bits per heavy atom. The number of hydrogen-bond acceptors (Lipinski definition) is 3. The van der Waals surface area contributed by atoms with E-state index in [1.165, 1.54) is 22.9 Å². The van der Waals surface area contributed by atoms with E-state index in [2.05, 4.69) is 9.84 Å². The van der Waals surface area contributed by atoms with Gasteiger partial charge in [0.2, 0.25) is 0 Å². The second-order valence-electron chi connectivity index (χ2n) is 5.29. The van der Waals surface area contributed by atoms with Crippen LogP contribution >= 0.6 is 0 Å². The maximum atomic E-state index is 12.7. The highest BCUT2D eigenvalue weighted by Gasteiger charge is 2.32. The maximum Gasteiger partial charge on any atom is 0.573 e. The van der Waals surface area contributed by atoms with Crippen molar-refractivity contribution in [1.82, 2.24) is 9.78 Å². The predicted molar refractivity (Wildman–Crippen MR) is 78.7 cm³/mol. The van der Waals surface area contributed by atoms with Gasteiger partial charge in [-0.3, -0.25) is 0 Å². The average Bonchev–Trinajstić information content (AvgIpc) is 2.90. The molecule has 0 atom stereocenters. The van der Waals surface area contributed by atoms with Crippen molar-refractivity contribution in [3.63, 3.8) is 0 Å². The Kier molecular flexibility index (Phi) is 4.31. The summed E-state index contributed by atoms with van der Waals surface area (Å²) in [7, 11) is 0. The summed E-state index contributed by atoms with van der Waals surface area (Å²) in [5, 5.41) is 13.6. The lowest BCUT2D eigenvalue weighted by Crippen LogP contribution is -2.17. The molecule has 4 nitrogen and oxygen atoms in total. The van der Waals surface area contributed by atoms with Crippen LogP contribution in [0.2, 0.25) is 0 Å². The fraction of sp³-hybridized carbons (Fsp3) is 0.188. The highest BCUT2D eigenvalue weighted by atomic mass is 19.4. The molecule has 0 saturated heterocycles. The SMILES string of the molecule is OCc1nn(-c2ccc(C(F)(F)F)cc2)c2ccc(OC(F)(F)F)cc12. The van der Waals surface area contributed by atoms with Crippen molar-refractivity contribution < 1.29 is 36.2 Å². The van der Waals surface area contributed by atoms with Crippen molar-refractivity contribution in [2.45, 2.75) is 19.1 Å². The van der Waals surface area contributed by atoms with Crippen LogP contribution in [0.1, 0.15) is 11.3 Å². The lowest BCUT2D eigenvalue weighted by Gasteiger charge is -2.10. The molecule has 26 heavy (non-hydrogen) atoms. The minimum Gasteiger partial charge on any atom is -0.406 e. The van der Waals surface area contributed by atoms with E-state index in [4.69, 9.17) is 0 Å². The number of alkyl halides is 6. The molecule has 0 unspecified atom stereocenters. The van der Waals surface area contributed by atoms with Gasteiger partial charge in [0.1, 0.15) is 5.75 Å². The van der Waals surface area contributed by atoms with E-state index in [-0.39, 0.29) is 16.8 Å². The number of aromatic nitrogens is 2. The van der Waals surface area contributed by atoms with Gasteiger partial charge in [0.15, 0.2) is 0 Å². The van der Waals surface area contributed by atoms with Gasteiger partial charge in [-0.15, -0.1) is 13.2 Å². The Bertz CT molecular complexity index is 929. The average molecular weight is 376 g/mol. The first-order valence-electron chi connectivity index (χ1n) is 7.14. The third-order valence-electron chi connectivity index (χ3n) is 3.55. The van der Waals surface area contributed by atoms with Crippen molar-refractivity contribution in [2.24, 2.45) is 0 Å². The smallest absolute Gasteiger partial charge is 0.406 e. The summed E-state index contributed by atoms with van der Waals surface area (Å²) in [5.41, 5.74) is -0.219. The molecular weight excluding hydrogens is 366 g/mol. The summed E-state index contributed by atoms with van der Waals surface area (Å²) in [6.45, 7) is -0.570. The van der Waals surface area contributed by atoms with E-state index >= 15 is 0 Å².